The van der Waals surface area contributed by atoms with Crippen LogP contribution in [0.15, 0.2) is 47.1 Å². The molecule has 1 aromatic carbocycles. The van der Waals surface area contributed by atoms with Crippen molar-refractivity contribution < 1.29 is 18.7 Å². The number of furan rings is 1. The number of benzene rings is 1. The molecule has 144 valence electrons. The molecule has 0 bridgehead atoms. The van der Waals surface area contributed by atoms with Crippen LogP contribution in [-0.4, -0.2) is 47.9 Å². The zero-order valence-corrected chi connectivity index (χ0v) is 15.8. The van der Waals surface area contributed by atoms with Gasteiger partial charge in [0.2, 0.25) is 0 Å². The van der Waals surface area contributed by atoms with Gasteiger partial charge in [-0.05, 0) is 37.3 Å². The predicted molar refractivity (Wildman–Crippen MR) is 104 cm³/mol. The van der Waals surface area contributed by atoms with Crippen molar-refractivity contribution in [3.63, 3.8) is 0 Å². The van der Waals surface area contributed by atoms with Gasteiger partial charge in [0.25, 0.3) is 5.91 Å². The Balaban J connectivity index is 1.51. The number of aromatic nitrogens is 1. The maximum atomic E-state index is 13.4. The lowest BCUT2D eigenvalue weighted by molar-refractivity contribution is -0.181. The topological polar surface area (TPSA) is 64.8 Å². The fourth-order valence-corrected chi connectivity index (χ4v) is 4.07. The van der Waals surface area contributed by atoms with Gasteiger partial charge in [-0.2, -0.15) is 0 Å². The van der Waals surface area contributed by atoms with E-state index < -0.39 is 5.79 Å². The first-order chi connectivity index (χ1) is 13.6. The summed E-state index contributed by atoms with van der Waals surface area (Å²) in [5.74, 6) is 0.174. The summed E-state index contributed by atoms with van der Waals surface area (Å²) in [7, 11) is 0. The lowest BCUT2D eigenvalue weighted by atomic mass is 10.00. The van der Waals surface area contributed by atoms with Gasteiger partial charge in [0.15, 0.2) is 11.5 Å². The molecule has 1 spiro atoms. The third kappa shape index (κ3) is 2.99. The van der Waals surface area contributed by atoms with E-state index in [9.17, 15) is 4.79 Å². The normalized spacial score (nSPS) is 18.8. The molecule has 4 heterocycles. The first kappa shape index (κ1) is 17.4. The van der Waals surface area contributed by atoms with Crippen molar-refractivity contribution >= 4 is 16.8 Å². The molecule has 0 atom stereocenters. The van der Waals surface area contributed by atoms with E-state index in [1.807, 2.05) is 48.2 Å². The van der Waals surface area contributed by atoms with Crippen molar-refractivity contribution in [1.29, 1.82) is 0 Å². The van der Waals surface area contributed by atoms with Crippen LogP contribution in [0.1, 0.15) is 28.8 Å². The number of amides is 1. The molecule has 0 radical (unpaired) electrons. The molecule has 0 N–H and O–H groups in total. The number of carbonyl (C=O) groups excluding carboxylic acids is 1. The molecule has 2 aromatic heterocycles. The molecule has 5 rings (SSSR count). The summed E-state index contributed by atoms with van der Waals surface area (Å²) in [6, 6.07) is 11.5. The number of piperidine rings is 1. The van der Waals surface area contributed by atoms with Crippen LogP contribution < -0.4 is 0 Å². The largest absolute Gasteiger partial charge is 0.463 e. The number of hydrogen-bond donors (Lipinski definition) is 0. The molecule has 6 heteroatoms. The van der Waals surface area contributed by atoms with Crippen LogP contribution in [0.4, 0.5) is 0 Å². The van der Waals surface area contributed by atoms with E-state index in [2.05, 4.69) is 0 Å². The van der Waals surface area contributed by atoms with Crippen molar-refractivity contribution in [1.82, 2.24) is 9.88 Å². The second kappa shape index (κ2) is 6.72. The molecule has 2 aliphatic rings. The summed E-state index contributed by atoms with van der Waals surface area (Å²) in [5, 5.41) is 0.869. The number of ether oxygens (including phenoxy) is 2. The minimum Gasteiger partial charge on any atom is -0.463 e. The minimum atomic E-state index is -0.493. The summed E-state index contributed by atoms with van der Waals surface area (Å²) in [4.78, 5) is 20.0. The second-order valence-corrected chi connectivity index (χ2v) is 7.45. The Labute approximate surface area is 163 Å². The van der Waals surface area contributed by atoms with Gasteiger partial charge < -0.3 is 18.8 Å². The number of likely N-dealkylation sites (tertiary alicyclic amines) is 1. The van der Waals surface area contributed by atoms with Gasteiger partial charge in [-0.3, -0.25) is 4.79 Å². The Kier molecular flexibility index (Phi) is 4.18. The first-order valence-electron chi connectivity index (χ1n) is 9.66. The first-order valence-corrected chi connectivity index (χ1v) is 9.66. The van der Waals surface area contributed by atoms with Crippen molar-refractivity contribution in [2.75, 3.05) is 26.3 Å². The van der Waals surface area contributed by atoms with E-state index in [0.717, 1.165) is 16.5 Å². The summed E-state index contributed by atoms with van der Waals surface area (Å²) in [5.41, 5.74) is 3.21. The van der Waals surface area contributed by atoms with Gasteiger partial charge in [0, 0.05) is 31.3 Å². The Bertz CT molecular complexity index is 1010. The summed E-state index contributed by atoms with van der Waals surface area (Å²) >= 11 is 0. The van der Waals surface area contributed by atoms with Crippen LogP contribution in [0, 0.1) is 6.92 Å². The van der Waals surface area contributed by atoms with Crippen LogP contribution in [0.25, 0.3) is 22.4 Å². The standard InChI is InChI=1S/C22H22N2O4/c1-15-4-5-18-16(13-15)17(14-19(23-18)20-3-2-10-26-20)21(25)24-8-6-22(7-9-24)27-11-12-28-22/h2-5,10,13-14H,6-9,11-12H2,1H3. The highest BCUT2D eigenvalue weighted by Crippen LogP contribution is 2.33. The van der Waals surface area contributed by atoms with E-state index in [1.165, 1.54) is 0 Å². The monoisotopic (exact) mass is 378 g/mol. The predicted octanol–water partition coefficient (Wildman–Crippen LogP) is 3.78. The fourth-order valence-electron chi connectivity index (χ4n) is 4.07. The molecular weight excluding hydrogens is 356 g/mol. The van der Waals surface area contributed by atoms with Gasteiger partial charge in [0.05, 0.1) is 30.6 Å². The average Bonchev–Trinajstić information content (AvgIpc) is 3.40. The smallest absolute Gasteiger partial charge is 0.254 e. The molecule has 0 saturated carbocycles. The zero-order valence-electron chi connectivity index (χ0n) is 15.8. The highest BCUT2D eigenvalue weighted by molar-refractivity contribution is 6.07. The number of rotatable bonds is 2. The molecule has 3 aromatic rings. The van der Waals surface area contributed by atoms with Crippen LogP contribution in [0.2, 0.25) is 0 Å². The third-order valence-electron chi connectivity index (χ3n) is 5.59. The molecular formula is C22H22N2O4. The number of nitrogens with zero attached hydrogens (tertiary/aromatic N) is 2. The highest BCUT2D eigenvalue weighted by Gasteiger charge is 2.41. The zero-order chi connectivity index (χ0) is 19.1. The van der Waals surface area contributed by atoms with E-state index >= 15 is 0 Å². The quantitative estimate of drug-likeness (QED) is 0.679. The van der Waals surface area contributed by atoms with E-state index in [-0.39, 0.29) is 5.91 Å². The average molecular weight is 378 g/mol. The summed E-state index contributed by atoms with van der Waals surface area (Å²) in [6.45, 7) is 4.52. The van der Waals surface area contributed by atoms with Crippen molar-refractivity contribution in [2.45, 2.75) is 25.6 Å². The van der Waals surface area contributed by atoms with Crippen LogP contribution in [0.5, 0.6) is 0 Å². The molecule has 0 unspecified atom stereocenters. The molecule has 2 saturated heterocycles. The lowest BCUT2D eigenvalue weighted by Crippen LogP contribution is -2.47. The van der Waals surface area contributed by atoms with Crippen molar-refractivity contribution in [2.24, 2.45) is 0 Å². The maximum absolute atomic E-state index is 13.4. The molecule has 1 amide bonds. The highest BCUT2D eigenvalue weighted by atomic mass is 16.7. The Morgan fingerprint density at radius 3 is 2.61 bits per heavy atom. The van der Waals surface area contributed by atoms with E-state index in [4.69, 9.17) is 18.9 Å². The van der Waals surface area contributed by atoms with Crippen LogP contribution in [0.3, 0.4) is 0 Å². The van der Waals surface area contributed by atoms with E-state index in [1.54, 1.807) is 6.26 Å². The maximum Gasteiger partial charge on any atom is 0.254 e. The van der Waals surface area contributed by atoms with Gasteiger partial charge in [-0.1, -0.05) is 11.6 Å². The molecule has 0 aliphatic carbocycles. The number of pyridine rings is 1. The SMILES string of the molecule is Cc1ccc2nc(-c3ccco3)cc(C(=O)N3CCC4(CC3)OCCO4)c2c1. The number of hydrogen-bond acceptors (Lipinski definition) is 5. The molecule has 2 aliphatic heterocycles. The van der Waals surface area contributed by atoms with Gasteiger partial charge in [0.1, 0.15) is 5.69 Å². The second-order valence-electron chi connectivity index (χ2n) is 7.45. The summed E-state index contributed by atoms with van der Waals surface area (Å²) in [6.07, 6.45) is 3.02. The number of aryl methyl sites for hydroxylation is 1. The minimum absolute atomic E-state index is 0.0126. The van der Waals surface area contributed by atoms with Crippen molar-refractivity contribution in [3.8, 4) is 11.5 Å². The molecule has 2 fully saturated rings. The third-order valence-corrected chi connectivity index (χ3v) is 5.59. The molecule has 6 nitrogen and oxygen atoms in total. The van der Waals surface area contributed by atoms with E-state index in [0.29, 0.717) is 56.2 Å². The summed E-state index contributed by atoms with van der Waals surface area (Å²) < 4.78 is 17.1. The van der Waals surface area contributed by atoms with Crippen LogP contribution >= 0.6 is 0 Å². The number of fused-ring (bicyclic) bond motifs is 1. The lowest BCUT2D eigenvalue weighted by Gasteiger charge is -2.37. The molecule has 28 heavy (non-hydrogen) atoms. The van der Waals surface area contributed by atoms with Gasteiger partial charge in [-0.25, -0.2) is 4.98 Å². The fraction of sp³-hybridized carbons (Fsp3) is 0.364. The Morgan fingerprint density at radius 1 is 1.11 bits per heavy atom. The van der Waals surface area contributed by atoms with Gasteiger partial charge in [-0.15, -0.1) is 0 Å². The van der Waals surface area contributed by atoms with Crippen molar-refractivity contribution in [3.05, 3.63) is 53.8 Å². The number of carbonyl (C=O) groups is 1. The van der Waals surface area contributed by atoms with Crippen LogP contribution in [-0.2, 0) is 9.47 Å². The van der Waals surface area contributed by atoms with Gasteiger partial charge >= 0.3 is 0 Å². The Hall–Kier alpha value is -2.70. The Morgan fingerprint density at radius 2 is 1.89 bits per heavy atom.